The number of halogens is 2. The predicted octanol–water partition coefficient (Wildman–Crippen LogP) is 3.91. The first kappa shape index (κ1) is 19.4. The molecule has 0 amide bonds. The zero-order chi connectivity index (χ0) is 20.8. The van der Waals surface area contributed by atoms with Crippen molar-refractivity contribution in [3.63, 3.8) is 0 Å². The van der Waals surface area contributed by atoms with Gasteiger partial charge in [0.1, 0.15) is 17.7 Å². The minimum Gasteiger partial charge on any atom is -0.493 e. The quantitative estimate of drug-likeness (QED) is 0.698. The van der Waals surface area contributed by atoms with Crippen LogP contribution in [0.15, 0.2) is 54.6 Å². The fourth-order valence-electron chi connectivity index (χ4n) is 3.58. The van der Waals surface area contributed by atoms with Crippen molar-refractivity contribution in [2.45, 2.75) is 11.9 Å². The first-order valence-electron chi connectivity index (χ1n) is 8.69. The molecule has 1 aliphatic heterocycles. The van der Waals surface area contributed by atoms with Crippen molar-refractivity contribution < 1.29 is 26.7 Å². The van der Waals surface area contributed by atoms with E-state index in [-0.39, 0.29) is 11.5 Å². The highest BCUT2D eigenvalue weighted by Gasteiger charge is 2.31. The summed E-state index contributed by atoms with van der Waals surface area (Å²) in [5, 5.41) is 5.17. The molecular weight excluding hydrogens is 400 g/mol. The Morgan fingerprint density at radius 3 is 2.59 bits per heavy atom. The second-order valence-electron chi connectivity index (χ2n) is 6.74. The Labute approximate surface area is 166 Å². The number of fused-ring (bicyclic) bond motifs is 3. The Morgan fingerprint density at radius 2 is 1.90 bits per heavy atom. The van der Waals surface area contributed by atoms with Crippen LogP contribution in [0.4, 0.5) is 8.78 Å². The molecule has 0 saturated heterocycles. The molecule has 3 aromatic carbocycles. The van der Waals surface area contributed by atoms with Gasteiger partial charge in [0.05, 0.1) is 18.4 Å². The average Bonchev–Trinajstić information content (AvgIpc) is 2.66. The molecule has 2 N–H and O–H groups in total. The van der Waals surface area contributed by atoms with Crippen LogP contribution in [0.5, 0.6) is 11.5 Å². The van der Waals surface area contributed by atoms with Crippen LogP contribution in [0, 0.1) is 11.6 Å². The van der Waals surface area contributed by atoms with E-state index in [1.807, 2.05) is 0 Å². The summed E-state index contributed by atoms with van der Waals surface area (Å²) in [4.78, 5) is 0. The van der Waals surface area contributed by atoms with Gasteiger partial charge in [0, 0.05) is 5.56 Å². The molecule has 29 heavy (non-hydrogen) atoms. The van der Waals surface area contributed by atoms with Gasteiger partial charge in [0.15, 0.2) is 11.6 Å². The molecule has 4 rings (SSSR count). The van der Waals surface area contributed by atoms with Crippen LogP contribution in [0.25, 0.3) is 11.1 Å². The first-order chi connectivity index (χ1) is 13.8. The second-order valence-corrected chi connectivity index (χ2v) is 8.35. The largest absolute Gasteiger partial charge is 0.493 e. The minimum absolute atomic E-state index is 0.0145. The number of methoxy groups -OCH3 is 1. The number of ether oxygens (including phenoxy) is 2. The Kier molecular flexibility index (Phi) is 4.76. The third kappa shape index (κ3) is 3.68. The summed E-state index contributed by atoms with van der Waals surface area (Å²) in [5.41, 5.74) is 2.56. The topological polar surface area (TPSA) is 78.6 Å². The summed E-state index contributed by atoms with van der Waals surface area (Å²) in [6.07, 6.45) is -0.719. The molecule has 0 fully saturated rings. The van der Waals surface area contributed by atoms with E-state index in [2.05, 4.69) is 0 Å². The second kappa shape index (κ2) is 7.13. The highest BCUT2D eigenvalue weighted by atomic mass is 32.2. The number of benzene rings is 3. The van der Waals surface area contributed by atoms with E-state index >= 15 is 0 Å². The Balaban J connectivity index is 1.96. The number of hydrogen-bond donors (Lipinski definition) is 1. The lowest BCUT2D eigenvalue weighted by Crippen LogP contribution is -2.18. The van der Waals surface area contributed by atoms with Crippen LogP contribution in [-0.2, 0) is 15.8 Å². The van der Waals surface area contributed by atoms with E-state index in [0.717, 1.165) is 0 Å². The van der Waals surface area contributed by atoms with Gasteiger partial charge >= 0.3 is 0 Å². The summed E-state index contributed by atoms with van der Waals surface area (Å²) in [5.74, 6) is -0.970. The normalized spacial score (nSPS) is 15.2. The molecule has 8 heteroatoms. The van der Waals surface area contributed by atoms with Crippen LogP contribution in [0.1, 0.15) is 22.8 Å². The van der Waals surface area contributed by atoms with Crippen molar-refractivity contribution >= 4 is 10.0 Å². The zero-order valence-electron chi connectivity index (χ0n) is 15.4. The van der Waals surface area contributed by atoms with Crippen molar-refractivity contribution in [1.82, 2.24) is 0 Å². The Morgan fingerprint density at radius 1 is 1.10 bits per heavy atom. The zero-order valence-corrected chi connectivity index (χ0v) is 16.2. The van der Waals surface area contributed by atoms with Crippen molar-refractivity contribution in [3.8, 4) is 22.6 Å². The lowest BCUT2D eigenvalue weighted by atomic mass is 9.88. The maximum atomic E-state index is 14.3. The highest BCUT2D eigenvalue weighted by Crippen LogP contribution is 2.50. The highest BCUT2D eigenvalue weighted by molar-refractivity contribution is 7.88. The van der Waals surface area contributed by atoms with Gasteiger partial charge in [0.25, 0.3) is 0 Å². The van der Waals surface area contributed by atoms with Gasteiger partial charge in [-0.15, -0.1) is 0 Å². The first-order valence-corrected chi connectivity index (χ1v) is 10.4. The smallest absolute Gasteiger partial charge is 0.213 e. The van der Waals surface area contributed by atoms with E-state index in [9.17, 15) is 17.2 Å². The molecule has 1 aliphatic rings. The molecule has 3 aromatic rings. The minimum atomic E-state index is -3.76. The molecule has 0 saturated carbocycles. The number of rotatable bonds is 4. The summed E-state index contributed by atoms with van der Waals surface area (Å²) >= 11 is 0. The predicted molar refractivity (Wildman–Crippen MR) is 104 cm³/mol. The maximum Gasteiger partial charge on any atom is 0.213 e. The number of nitrogens with two attached hydrogens (primary N) is 1. The monoisotopic (exact) mass is 417 g/mol. The molecule has 1 heterocycles. The van der Waals surface area contributed by atoms with Crippen molar-refractivity contribution in [3.05, 3.63) is 82.9 Å². The van der Waals surface area contributed by atoms with Crippen molar-refractivity contribution in [2.24, 2.45) is 5.14 Å². The molecule has 0 bridgehead atoms. The van der Waals surface area contributed by atoms with E-state index in [0.29, 0.717) is 33.6 Å². The van der Waals surface area contributed by atoms with Crippen LogP contribution in [-0.4, -0.2) is 15.5 Å². The van der Waals surface area contributed by atoms with Gasteiger partial charge < -0.3 is 9.47 Å². The van der Waals surface area contributed by atoms with Crippen molar-refractivity contribution in [1.29, 1.82) is 0 Å². The fourth-order valence-corrected chi connectivity index (χ4v) is 4.22. The summed E-state index contributed by atoms with van der Waals surface area (Å²) in [7, 11) is -2.40. The number of sulfonamides is 1. The summed E-state index contributed by atoms with van der Waals surface area (Å²) < 4.78 is 62.6. The van der Waals surface area contributed by atoms with Gasteiger partial charge in [-0.25, -0.2) is 22.3 Å². The van der Waals surface area contributed by atoms with Crippen LogP contribution in [0.2, 0.25) is 0 Å². The molecule has 0 aromatic heterocycles. The lowest BCUT2D eigenvalue weighted by molar-refractivity contribution is 0.240. The molecule has 5 nitrogen and oxygen atoms in total. The number of primary sulfonamides is 1. The van der Waals surface area contributed by atoms with E-state index in [1.165, 1.54) is 31.4 Å². The molecule has 1 atom stereocenters. The van der Waals surface area contributed by atoms with Crippen molar-refractivity contribution in [2.75, 3.05) is 7.11 Å². The SMILES string of the molecule is COc1c(F)ccc2c1-c1ccc(CS(N)(=O)=O)cc1C(c1cccc(F)c1)O2. The third-order valence-electron chi connectivity index (χ3n) is 4.71. The number of hydrogen-bond acceptors (Lipinski definition) is 4. The standard InChI is InChI=1S/C21H17F2NO4S/c1-27-21-17(23)7-8-18-19(21)15-6-5-12(11-29(24,25)26)9-16(15)20(28-18)13-3-2-4-14(22)10-13/h2-10,20H,11H2,1H3,(H2,24,25,26). The fraction of sp³-hybridized carbons (Fsp3) is 0.143. The van der Waals surface area contributed by atoms with Crippen LogP contribution >= 0.6 is 0 Å². The summed E-state index contributed by atoms with van der Waals surface area (Å²) in [6.45, 7) is 0. The van der Waals surface area contributed by atoms with Gasteiger partial charge in [0.2, 0.25) is 10.0 Å². The molecule has 1 unspecified atom stereocenters. The van der Waals surface area contributed by atoms with Crippen LogP contribution < -0.4 is 14.6 Å². The molecule has 150 valence electrons. The molecule has 0 aliphatic carbocycles. The van der Waals surface area contributed by atoms with Gasteiger partial charge in [-0.2, -0.15) is 0 Å². The Hall–Kier alpha value is -2.97. The van der Waals surface area contributed by atoms with Gasteiger partial charge in [-0.05, 0) is 41.0 Å². The van der Waals surface area contributed by atoms with E-state index in [4.69, 9.17) is 14.6 Å². The maximum absolute atomic E-state index is 14.3. The Bertz CT molecular complexity index is 1210. The molecule has 0 spiro atoms. The van der Waals surface area contributed by atoms with E-state index < -0.39 is 27.8 Å². The van der Waals surface area contributed by atoms with Gasteiger partial charge in [-0.3, -0.25) is 0 Å². The lowest BCUT2D eigenvalue weighted by Gasteiger charge is -2.30. The van der Waals surface area contributed by atoms with Crippen LogP contribution in [0.3, 0.4) is 0 Å². The van der Waals surface area contributed by atoms with E-state index in [1.54, 1.807) is 30.3 Å². The van der Waals surface area contributed by atoms with Gasteiger partial charge in [-0.1, -0.05) is 30.3 Å². The average molecular weight is 417 g/mol. The molecular formula is C21H17F2NO4S. The summed E-state index contributed by atoms with van der Waals surface area (Å²) in [6, 6.07) is 13.5. The third-order valence-corrected chi connectivity index (χ3v) is 5.44. The molecule has 0 radical (unpaired) electrons.